The molecule has 1 aliphatic rings. The number of hydrogen-bond donors (Lipinski definition) is 3. The molecule has 1 aliphatic heterocycles. The minimum Gasteiger partial charge on any atom is -0.361 e. The van der Waals surface area contributed by atoms with E-state index in [9.17, 15) is 5.26 Å². The summed E-state index contributed by atoms with van der Waals surface area (Å²) in [5, 5.41) is 18.0. The Bertz CT molecular complexity index is 1100. The maximum atomic E-state index is 9.63. The maximum absolute atomic E-state index is 9.63. The molecule has 3 aromatic rings. The molecule has 3 heterocycles. The van der Waals surface area contributed by atoms with Crippen LogP contribution in [-0.2, 0) is 0 Å². The largest absolute Gasteiger partial charge is 0.361 e. The summed E-state index contributed by atoms with van der Waals surface area (Å²) in [7, 11) is 2.19. The van der Waals surface area contributed by atoms with E-state index in [1.807, 2.05) is 12.4 Å². The molecular formula is C25H30N6. The van der Waals surface area contributed by atoms with Crippen LogP contribution < -0.4 is 10.6 Å². The fourth-order valence-corrected chi connectivity index (χ4v) is 4.18. The van der Waals surface area contributed by atoms with Gasteiger partial charge in [0.15, 0.2) is 0 Å². The van der Waals surface area contributed by atoms with Gasteiger partial charge in [0, 0.05) is 46.8 Å². The zero-order chi connectivity index (χ0) is 21.6. The number of pyridine rings is 1. The van der Waals surface area contributed by atoms with Gasteiger partial charge in [-0.15, -0.1) is 0 Å². The standard InChI is InChI=1S/C25H30N6/c1-18-22-8-12-29-24(22)7-6-23(18)30-25-19(16-27-17-20(25)15-26)5-3-4-11-28-21-9-13-31(2)14-10-21/h3,5-8,12,16-17,21,28-29H,4,9-11,13-14H2,1-2H3,(H,27,30)/b5-3+. The van der Waals surface area contributed by atoms with Crippen molar-refractivity contribution < 1.29 is 0 Å². The van der Waals surface area contributed by atoms with Crippen LogP contribution in [0.15, 0.2) is 42.9 Å². The number of benzene rings is 1. The Kier molecular flexibility index (Phi) is 6.66. The first-order valence-electron chi connectivity index (χ1n) is 11.0. The number of rotatable bonds is 7. The van der Waals surface area contributed by atoms with Crippen molar-refractivity contribution in [1.82, 2.24) is 20.2 Å². The summed E-state index contributed by atoms with van der Waals surface area (Å²) < 4.78 is 0. The Morgan fingerprint density at radius 2 is 2.10 bits per heavy atom. The van der Waals surface area contributed by atoms with Crippen molar-refractivity contribution in [2.45, 2.75) is 32.2 Å². The number of anilines is 2. The highest BCUT2D eigenvalue weighted by atomic mass is 15.1. The molecule has 0 aliphatic carbocycles. The van der Waals surface area contributed by atoms with Crippen molar-refractivity contribution in [3.8, 4) is 6.07 Å². The summed E-state index contributed by atoms with van der Waals surface area (Å²) >= 11 is 0. The van der Waals surface area contributed by atoms with E-state index in [2.05, 4.69) is 75.9 Å². The van der Waals surface area contributed by atoms with Gasteiger partial charge in [-0.1, -0.05) is 12.2 Å². The van der Waals surface area contributed by atoms with Crippen LogP contribution in [0.1, 0.15) is 36.0 Å². The number of nitriles is 1. The number of fused-ring (bicyclic) bond motifs is 1. The fourth-order valence-electron chi connectivity index (χ4n) is 4.18. The second-order valence-electron chi connectivity index (χ2n) is 8.29. The predicted molar refractivity (Wildman–Crippen MR) is 127 cm³/mol. The molecule has 4 rings (SSSR count). The first-order chi connectivity index (χ1) is 15.2. The van der Waals surface area contributed by atoms with E-state index >= 15 is 0 Å². The van der Waals surface area contributed by atoms with Crippen molar-refractivity contribution >= 4 is 28.4 Å². The van der Waals surface area contributed by atoms with Gasteiger partial charge in [0.1, 0.15) is 6.07 Å². The molecular weight excluding hydrogens is 384 g/mol. The van der Waals surface area contributed by atoms with Crippen molar-refractivity contribution in [1.29, 1.82) is 5.26 Å². The molecule has 0 unspecified atom stereocenters. The number of aryl methyl sites for hydroxylation is 1. The van der Waals surface area contributed by atoms with E-state index in [0.29, 0.717) is 11.6 Å². The van der Waals surface area contributed by atoms with Crippen LogP contribution in [0.4, 0.5) is 11.4 Å². The number of nitrogens with one attached hydrogen (secondary N) is 3. The van der Waals surface area contributed by atoms with Gasteiger partial charge in [0.05, 0.1) is 11.3 Å². The fraction of sp³-hybridized carbons (Fsp3) is 0.360. The molecule has 3 N–H and O–H groups in total. The highest BCUT2D eigenvalue weighted by molar-refractivity contribution is 5.89. The highest BCUT2D eigenvalue weighted by Crippen LogP contribution is 2.30. The molecule has 0 radical (unpaired) electrons. The summed E-state index contributed by atoms with van der Waals surface area (Å²) in [6.45, 7) is 5.39. The normalized spacial score (nSPS) is 15.5. The number of H-pyrrole nitrogens is 1. The molecule has 6 heteroatoms. The van der Waals surface area contributed by atoms with E-state index in [4.69, 9.17) is 0 Å². The minimum absolute atomic E-state index is 0.542. The van der Waals surface area contributed by atoms with Crippen LogP contribution in [0.25, 0.3) is 17.0 Å². The molecule has 1 saturated heterocycles. The van der Waals surface area contributed by atoms with Crippen LogP contribution in [-0.4, -0.2) is 47.6 Å². The predicted octanol–water partition coefficient (Wildman–Crippen LogP) is 4.57. The third kappa shape index (κ3) is 4.96. The SMILES string of the molecule is Cc1c(Nc2c(C#N)cncc2/C=C/CCNC2CCN(C)CC2)ccc2[nH]ccc12. The first-order valence-corrected chi connectivity index (χ1v) is 11.0. The smallest absolute Gasteiger partial charge is 0.103 e. The average Bonchev–Trinajstić information content (AvgIpc) is 3.27. The van der Waals surface area contributed by atoms with Gasteiger partial charge in [-0.05, 0) is 76.6 Å². The second-order valence-corrected chi connectivity index (χ2v) is 8.29. The lowest BCUT2D eigenvalue weighted by atomic mass is 10.1. The lowest BCUT2D eigenvalue weighted by Crippen LogP contribution is -2.41. The van der Waals surface area contributed by atoms with E-state index in [1.165, 1.54) is 31.3 Å². The van der Waals surface area contributed by atoms with Gasteiger partial charge in [0.2, 0.25) is 0 Å². The lowest BCUT2D eigenvalue weighted by Gasteiger charge is -2.29. The molecule has 0 spiro atoms. The topological polar surface area (TPSA) is 79.8 Å². The summed E-state index contributed by atoms with van der Waals surface area (Å²) in [6.07, 6.45) is 13.0. The van der Waals surface area contributed by atoms with Crippen molar-refractivity contribution in [2.75, 3.05) is 32.0 Å². The summed E-state index contributed by atoms with van der Waals surface area (Å²) in [5.74, 6) is 0. The molecule has 1 aromatic carbocycles. The Labute approximate surface area is 184 Å². The summed E-state index contributed by atoms with van der Waals surface area (Å²) in [6, 6.07) is 9.08. The number of aromatic nitrogens is 2. The van der Waals surface area contributed by atoms with Gasteiger partial charge in [-0.3, -0.25) is 4.98 Å². The number of piperidine rings is 1. The Morgan fingerprint density at radius 1 is 1.26 bits per heavy atom. The first kappa shape index (κ1) is 21.1. The number of hydrogen-bond acceptors (Lipinski definition) is 5. The average molecular weight is 415 g/mol. The van der Waals surface area contributed by atoms with Crippen LogP contribution >= 0.6 is 0 Å². The molecule has 0 amide bonds. The molecule has 1 fully saturated rings. The molecule has 0 atom stereocenters. The van der Waals surface area contributed by atoms with E-state index in [-0.39, 0.29) is 0 Å². The Morgan fingerprint density at radius 3 is 2.90 bits per heavy atom. The molecule has 31 heavy (non-hydrogen) atoms. The molecule has 6 nitrogen and oxygen atoms in total. The van der Waals surface area contributed by atoms with Crippen molar-refractivity contribution in [3.05, 3.63) is 59.6 Å². The Hall–Kier alpha value is -3.14. The van der Waals surface area contributed by atoms with Crippen molar-refractivity contribution in [2.24, 2.45) is 0 Å². The molecule has 0 bridgehead atoms. The highest BCUT2D eigenvalue weighted by Gasteiger charge is 2.15. The molecule has 160 valence electrons. The van der Waals surface area contributed by atoms with Gasteiger partial charge < -0.3 is 20.5 Å². The monoisotopic (exact) mass is 414 g/mol. The van der Waals surface area contributed by atoms with Gasteiger partial charge >= 0.3 is 0 Å². The van der Waals surface area contributed by atoms with Gasteiger partial charge in [-0.25, -0.2) is 0 Å². The zero-order valence-electron chi connectivity index (χ0n) is 18.3. The number of nitrogens with zero attached hydrogens (tertiary/aromatic N) is 3. The van der Waals surface area contributed by atoms with Crippen LogP contribution in [0.2, 0.25) is 0 Å². The van der Waals surface area contributed by atoms with E-state index < -0.39 is 0 Å². The van der Waals surface area contributed by atoms with Crippen LogP contribution in [0.3, 0.4) is 0 Å². The summed E-state index contributed by atoms with van der Waals surface area (Å²) in [5.41, 5.74) is 5.52. The Balaban J connectivity index is 1.45. The molecule has 2 aromatic heterocycles. The van der Waals surface area contributed by atoms with Crippen molar-refractivity contribution in [3.63, 3.8) is 0 Å². The maximum Gasteiger partial charge on any atom is 0.103 e. The quantitative estimate of drug-likeness (QED) is 0.494. The van der Waals surface area contributed by atoms with Crippen LogP contribution in [0.5, 0.6) is 0 Å². The lowest BCUT2D eigenvalue weighted by molar-refractivity contribution is 0.235. The number of aromatic amines is 1. The number of likely N-dealkylation sites (tertiary alicyclic amines) is 1. The summed E-state index contributed by atoms with van der Waals surface area (Å²) in [4.78, 5) is 9.89. The third-order valence-electron chi connectivity index (χ3n) is 6.12. The van der Waals surface area contributed by atoms with Crippen LogP contribution in [0, 0.1) is 18.3 Å². The van der Waals surface area contributed by atoms with E-state index in [0.717, 1.165) is 41.0 Å². The second kappa shape index (κ2) is 9.78. The third-order valence-corrected chi connectivity index (χ3v) is 6.12. The van der Waals surface area contributed by atoms with E-state index in [1.54, 1.807) is 6.20 Å². The molecule has 0 saturated carbocycles. The van der Waals surface area contributed by atoms with Gasteiger partial charge in [0.25, 0.3) is 0 Å². The zero-order valence-corrected chi connectivity index (χ0v) is 18.3. The minimum atomic E-state index is 0.542. The van der Waals surface area contributed by atoms with Gasteiger partial charge in [-0.2, -0.15) is 5.26 Å².